The van der Waals surface area contributed by atoms with Gasteiger partial charge >= 0.3 is 18.0 Å². The van der Waals surface area contributed by atoms with Gasteiger partial charge in [-0.3, -0.25) is 0 Å². The third kappa shape index (κ3) is 5.69. The molecule has 0 fully saturated rings. The molecular weight excluding hydrogens is 416 g/mol. The second kappa shape index (κ2) is 11.0. The molecule has 0 aliphatic carbocycles. The number of unbranched alkanes of at least 4 members (excludes halogenated alkanes) is 1. The van der Waals surface area contributed by atoms with Crippen LogP contribution < -0.4 is 15.4 Å². The minimum Gasteiger partial charge on any atom is -0.494 e. The molecule has 0 spiro atoms. The highest BCUT2D eigenvalue weighted by atomic mass is 16.5. The molecule has 0 radical (unpaired) electrons. The second-order valence-corrected chi connectivity index (χ2v) is 6.96. The lowest BCUT2D eigenvalue weighted by molar-refractivity contribution is -0.139. The number of ether oxygens (including phenoxy) is 3. The van der Waals surface area contributed by atoms with Gasteiger partial charge in [0.2, 0.25) is 0 Å². The Morgan fingerprint density at radius 2 is 1.84 bits per heavy atom. The van der Waals surface area contributed by atoms with E-state index in [1.165, 1.54) is 6.26 Å². The fourth-order valence-corrected chi connectivity index (χ4v) is 3.09. The molecule has 0 saturated carbocycles. The molecule has 1 aliphatic rings. The largest absolute Gasteiger partial charge is 0.494 e. The van der Waals surface area contributed by atoms with Crippen LogP contribution in [0.3, 0.4) is 0 Å². The quantitative estimate of drug-likeness (QED) is 0.427. The van der Waals surface area contributed by atoms with E-state index in [1.807, 2.05) is 0 Å². The van der Waals surface area contributed by atoms with Crippen LogP contribution in [0.4, 0.5) is 4.79 Å². The van der Waals surface area contributed by atoms with Gasteiger partial charge in [0, 0.05) is 0 Å². The summed E-state index contributed by atoms with van der Waals surface area (Å²) in [5, 5.41) is 5.16. The van der Waals surface area contributed by atoms with Crippen LogP contribution in [0.1, 0.15) is 48.8 Å². The molecule has 1 aliphatic heterocycles. The van der Waals surface area contributed by atoms with Gasteiger partial charge < -0.3 is 29.3 Å². The van der Waals surface area contributed by atoms with Crippen molar-refractivity contribution in [3.63, 3.8) is 0 Å². The van der Waals surface area contributed by atoms with Crippen molar-refractivity contribution >= 4 is 18.0 Å². The van der Waals surface area contributed by atoms with Gasteiger partial charge in [-0.25, -0.2) is 14.4 Å². The van der Waals surface area contributed by atoms with E-state index in [2.05, 4.69) is 17.6 Å². The summed E-state index contributed by atoms with van der Waals surface area (Å²) in [6.07, 6.45) is 3.41. The van der Waals surface area contributed by atoms with Crippen molar-refractivity contribution in [2.45, 2.75) is 32.7 Å². The summed E-state index contributed by atoms with van der Waals surface area (Å²) < 4.78 is 21.4. The average Bonchev–Trinajstić information content (AvgIpc) is 3.33. The second-order valence-electron chi connectivity index (χ2n) is 6.96. The lowest BCUT2D eigenvalue weighted by atomic mass is 10.0. The maximum absolute atomic E-state index is 12.6. The van der Waals surface area contributed by atoms with Crippen LogP contribution >= 0.6 is 0 Å². The molecular formula is C23H26N2O7. The Kier molecular flexibility index (Phi) is 7.91. The first-order chi connectivity index (χ1) is 15.5. The molecule has 2 heterocycles. The summed E-state index contributed by atoms with van der Waals surface area (Å²) in [4.78, 5) is 37.3. The molecule has 0 bridgehead atoms. The maximum atomic E-state index is 12.6. The summed E-state index contributed by atoms with van der Waals surface area (Å²) in [5.74, 6) is -0.246. The first kappa shape index (κ1) is 22.9. The number of rotatable bonds is 10. The van der Waals surface area contributed by atoms with E-state index in [9.17, 15) is 14.4 Å². The van der Waals surface area contributed by atoms with Crippen LogP contribution in [0.25, 0.3) is 0 Å². The number of hydrogen-bond donors (Lipinski definition) is 2. The highest BCUT2D eigenvalue weighted by Crippen LogP contribution is 2.28. The zero-order valence-electron chi connectivity index (χ0n) is 18.0. The lowest BCUT2D eigenvalue weighted by Gasteiger charge is -2.27. The molecule has 2 N–H and O–H groups in total. The van der Waals surface area contributed by atoms with Crippen LogP contribution in [0, 0.1) is 0 Å². The highest BCUT2D eigenvalue weighted by Gasteiger charge is 2.35. The number of carbonyl (C=O) groups is 3. The molecule has 1 aromatic carbocycles. The number of furan rings is 1. The molecule has 3 rings (SSSR count). The van der Waals surface area contributed by atoms with Gasteiger partial charge in [0.05, 0.1) is 36.3 Å². The zero-order valence-corrected chi connectivity index (χ0v) is 18.0. The third-order valence-corrected chi connectivity index (χ3v) is 4.68. The first-order valence-corrected chi connectivity index (χ1v) is 10.4. The average molecular weight is 442 g/mol. The van der Waals surface area contributed by atoms with Gasteiger partial charge in [0.1, 0.15) is 24.2 Å². The van der Waals surface area contributed by atoms with Crippen LogP contribution in [-0.2, 0) is 14.3 Å². The van der Waals surface area contributed by atoms with Crippen molar-refractivity contribution in [2.24, 2.45) is 0 Å². The van der Waals surface area contributed by atoms with Gasteiger partial charge in [0.25, 0.3) is 0 Å². The van der Waals surface area contributed by atoms with Gasteiger partial charge in [0.15, 0.2) is 0 Å². The summed E-state index contributed by atoms with van der Waals surface area (Å²) in [7, 11) is 0. The number of urea groups is 1. The minimum absolute atomic E-state index is 0.105. The Balaban J connectivity index is 1.75. The van der Waals surface area contributed by atoms with Crippen LogP contribution in [0.15, 0.2) is 58.3 Å². The lowest BCUT2D eigenvalue weighted by Crippen LogP contribution is -2.47. The smallest absolute Gasteiger partial charge is 0.338 e. The van der Waals surface area contributed by atoms with Crippen molar-refractivity contribution in [1.29, 1.82) is 0 Å². The fourth-order valence-electron chi connectivity index (χ4n) is 3.09. The van der Waals surface area contributed by atoms with E-state index in [1.54, 1.807) is 43.3 Å². The summed E-state index contributed by atoms with van der Waals surface area (Å²) >= 11 is 0. The molecule has 9 nitrogen and oxygen atoms in total. The number of nitrogens with one attached hydrogen (secondary N) is 2. The van der Waals surface area contributed by atoms with E-state index in [4.69, 9.17) is 18.6 Å². The molecule has 1 atom stereocenters. The van der Waals surface area contributed by atoms with E-state index in [0.29, 0.717) is 23.7 Å². The van der Waals surface area contributed by atoms with E-state index in [0.717, 1.165) is 12.8 Å². The monoisotopic (exact) mass is 442 g/mol. The van der Waals surface area contributed by atoms with Crippen LogP contribution in [0.2, 0.25) is 0 Å². The Morgan fingerprint density at radius 1 is 1.06 bits per heavy atom. The van der Waals surface area contributed by atoms with Crippen molar-refractivity contribution < 1.29 is 33.0 Å². The normalized spacial score (nSPS) is 15.6. The fraction of sp³-hybridized carbons (Fsp3) is 0.348. The van der Waals surface area contributed by atoms with Gasteiger partial charge in [-0.1, -0.05) is 13.3 Å². The summed E-state index contributed by atoms with van der Waals surface area (Å²) in [6, 6.07) is 8.41. The first-order valence-electron chi connectivity index (χ1n) is 10.4. The van der Waals surface area contributed by atoms with E-state index >= 15 is 0 Å². The number of esters is 2. The Bertz CT molecular complexity index is 965. The number of carbonyl (C=O) groups excluding carboxylic acids is 3. The Morgan fingerprint density at radius 3 is 2.50 bits per heavy atom. The van der Waals surface area contributed by atoms with Gasteiger partial charge in [-0.05, 0) is 49.7 Å². The molecule has 32 heavy (non-hydrogen) atoms. The maximum Gasteiger partial charge on any atom is 0.338 e. The highest BCUT2D eigenvalue weighted by molar-refractivity contribution is 5.95. The van der Waals surface area contributed by atoms with Crippen LogP contribution in [0.5, 0.6) is 5.75 Å². The SMILES string of the molecule is CCCCOc1ccc(C(=O)OCC2=C(C(=O)OCC)C(c3ccco3)NC(=O)N2)cc1. The molecule has 1 aromatic heterocycles. The molecule has 9 heteroatoms. The predicted molar refractivity (Wildman–Crippen MR) is 114 cm³/mol. The van der Waals surface area contributed by atoms with Crippen molar-refractivity contribution in [3.8, 4) is 5.75 Å². The molecule has 1 unspecified atom stereocenters. The third-order valence-electron chi connectivity index (χ3n) is 4.68. The molecule has 0 saturated heterocycles. The minimum atomic E-state index is -0.869. The van der Waals surface area contributed by atoms with Crippen LogP contribution in [-0.4, -0.2) is 37.8 Å². The Labute approximate surface area is 185 Å². The molecule has 2 aromatic rings. The zero-order chi connectivity index (χ0) is 22.9. The topological polar surface area (TPSA) is 116 Å². The standard InChI is InChI=1S/C23H26N2O7/c1-3-5-12-30-16-10-8-15(9-11-16)21(26)32-14-17-19(22(27)29-4-2)20(25-23(28)24-17)18-7-6-13-31-18/h6-11,13,20H,3-5,12,14H2,1-2H3,(H2,24,25,28). The predicted octanol–water partition coefficient (Wildman–Crippen LogP) is 3.49. The number of benzene rings is 1. The van der Waals surface area contributed by atoms with Gasteiger partial charge in [-0.15, -0.1) is 0 Å². The summed E-state index contributed by atoms with van der Waals surface area (Å²) in [6.45, 7) is 4.17. The number of amides is 2. The summed E-state index contributed by atoms with van der Waals surface area (Å²) in [5.41, 5.74) is 0.546. The van der Waals surface area contributed by atoms with Crippen molar-refractivity contribution in [1.82, 2.24) is 10.6 Å². The van der Waals surface area contributed by atoms with Gasteiger partial charge in [-0.2, -0.15) is 0 Å². The molecule has 2 amide bonds. The van der Waals surface area contributed by atoms with E-state index in [-0.39, 0.29) is 24.5 Å². The molecule has 170 valence electrons. The Hall–Kier alpha value is -3.75. The number of hydrogen-bond acceptors (Lipinski definition) is 7. The van der Waals surface area contributed by atoms with Crippen molar-refractivity contribution in [3.05, 3.63) is 65.3 Å². The van der Waals surface area contributed by atoms with Crippen molar-refractivity contribution in [2.75, 3.05) is 19.8 Å². The van der Waals surface area contributed by atoms with E-state index < -0.39 is 24.0 Å².